The summed E-state index contributed by atoms with van der Waals surface area (Å²) in [4.78, 5) is 34.9. The fourth-order valence-electron chi connectivity index (χ4n) is 2.36. The topological polar surface area (TPSA) is 137 Å². The summed E-state index contributed by atoms with van der Waals surface area (Å²) in [7, 11) is -4.34. The molecular formula is C15H18NO7P. The molecule has 0 aliphatic carbocycles. The number of benzene rings is 1. The van der Waals surface area contributed by atoms with Gasteiger partial charge in [0.05, 0.1) is 5.66 Å². The molecule has 9 heteroatoms. The second kappa shape index (κ2) is 7.17. The monoisotopic (exact) mass is 355 g/mol. The minimum atomic E-state index is -4.34. The van der Waals surface area contributed by atoms with E-state index in [0.29, 0.717) is 5.56 Å². The molecule has 3 atom stereocenters. The molecule has 0 aliphatic heterocycles. The summed E-state index contributed by atoms with van der Waals surface area (Å²) in [5, 5.41) is 18.4. The fourth-order valence-corrected chi connectivity index (χ4v) is 3.67. The van der Waals surface area contributed by atoms with Gasteiger partial charge in [0.1, 0.15) is 0 Å². The smallest absolute Gasteiger partial charge is 0.336 e. The van der Waals surface area contributed by atoms with Crippen LogP contribution in [-0.4, -0.2) is 38.1 Å². The van der Waals surface area contributed by atoms with Crippen LogP contribution >= 0.6 is 7.60 Å². The molecule has 0 radical (unpaired) electrons. The van der Waals surface area contributed by atoms with Crippen molar-refractivity contribution in [3.63, 3.8) is 0 Å². The van der Waals surface area contributed by atoms with E-state index in [1.165, 1.54) is 6.92 Å². The Kier molecular flexibility index (Phi) is 5.43. The maximum Gasteiger partial charge on any atom is 0.336 e. The summed E-state index contributed by atoms with van der Waals surface area (Å²) in [6.45, 7) is 1.46. The maximum absolute atomic E-state index is 12.5. The van der Waals surface area contributed by atoms with Crippen molar-refractivity contribution >= 4 is 30.4 Å². The summed E-state index contributed by atoms with van der Waals surface area (Å²) in [6, 6.07) is 7.18. The van der Waals surface area contributed by atoms with Crippen molar-refractivity contribution in [2.45, 2.75) is 31.5 Å². The van der Waals surface area contributed by atoms with Gasteiger partial charge >= 0.3 is 19.5 Å². The third-order valence-electron chi connectivity index (χ3n) is 3.73. The van der Waals surface area contributed by atoms with Gasteiger partial charge in [-0.1, -0.05) is 18.2 Å². The van der Waals surface area contributed by atoms with Crippen molar-refractivity contribution in [3.8, 4) is 0 Å². The molecule has 2 rings (SSSR count). The van der Waals surface area contributed by atoms with Crippen molar-refractivity contribution in [1.82, 2.24) is 4.98 Å². The predicted octanol–water partition coefficient (Wildman–Crippen LogP) is 2.75. The first-order valence-electron chi connectivity index (χ1n) is 7.24. The number of aromatic amines is 1. The van der Waals surface area contributed by atoms with Crippen LogP contribution in [0.15, 0.2) is 30.5 Å². The van der Waals surface area contributed by atoms with Crippen molar-refractivity contribution in [1.29, 1.82) is 0 Å². The van der Waals surface area contributed by atoms with Gasteiger partial charge in [-0.15, -0.1) is 0 Å². The fraction of sp³-hybridized carbons (Fsp3) is 0.333. The highest BCUT2D eigenvalue weighted by Crippen LogP contribution is 2.58. The van der Waals surface area contributed by atoms with E-state index in [-0.39, 0.29) is 0 Å². The van der Waals surface area contributed by atoms with Crippen LogP contribution < -0.4 is 0 Å². The first kappa shape index (κ1) is 18.2. The number of carbonyl (C=O) groups is 2. The van der Waals surface area contributed by atoms with E-state index >= 15 is 0 Å². The van der Waals surface area contributed by atoms with Crippen LogP contribution in [0, 0.1) is 0 Å². The lowest BCUT2D eigenvalue weighted by atomic mass is 10.1. The zero-order valence-electron chi connectivity index (χ0n) is 12.9. The van der Waals surface area contributed by atoms with Crippen LogP contribution in [0.5, 0.6) is 0 Å². The van der Waals surface area contributed by atoms with Crippen LogP contribution in [-0.2, 0) is 18.7 Å². The number of hydrogen-bond donors (Lipinski definition) is 4. The average molecular weight is 355 g/mol. The normalized spacial score (nSPS) is 16.4. The minimum Gasteiger partial charge on any atom is -0.481 e. The average Bonchev–Trinajstić information content (AvgIpc) is 2.94. The molecular weight excluding hydrogens is 337 g/mol. The molecule has 0 saturated carbocycles. The summed E-state index contributed by atoms with van der Waals surface area (Å²) in [6.07, 6.45) is -0.951. The Morgan fingerprint density at radius 3 is 2.58 bits per heavy atom. The van der Waals surface area contributed by atoms with Gasteiger partial charge in [0.2, 0.25) is 0 Å². The van der Waals surface area contributed by atoms with Gasteiger partial charge in [-0.25, -0.2) is 4.79 Å². The molecule has 0 fully saturated rings. The second-order valence-electron chi connectivity index (χ2n) is 5.39. The van der Waals surface area contributed by atoms with Gasteiger partial charge in [-0.2, -0.15) is 0 Å². The third-order valence-corrected chi connectivity index (χ3v) is 5.55. The zero-order chi connectivity index (χ0) is 17.9. The maximum atomic E-state index is 12.5. The van der Waals surface area contributed by atoms with Crippen molar-refractivity contribution in [3.05, 3.63) is 36.0 Å². The van der Waals surface area contributed by atoms with E-state index in [4.69, 9.17) is 14.7 Å². The van der Waals surface area contributed by atoms with Crippen LogP contribution in [0.2, 0.25) is 0 Å². The first-order chi connectivity index (χ1) is 11.2. The molecule has 4 N–H and O–H groups in total. The van der Waals surface area contributed by atoms with Crippen molar-refractivity contribution in [2.75, 3.05) is 0 Å². The number of fused-ring (bicyclic) bond motifs is 1. The quantitative estimate of drug-likeness (QED) is 0.534. The van der Waals surface area contributed by atoms with Crippen molar-refractivity contribution in [2.24, 2.45) is 0 Å². The predicted molar refractivity (Wildman–Crippen MR) is 85.9 cm³/mol. The molecule has 130 valence electrons. The summed E-state index contributed by atoms with van der Waals surface area (Å²) in [5.74, 6) is -2.68. The van der Waals surface area contributed by atoms with Crippen LogP contribution in [0.3, 0.4) is 0 Å². The Labute approximate surface area is 137 Å². The minimum absolute atomic E-state index is 0.393. The number of para-hydroxylation sites is 1. The number of hydrogen-bond acceptors (Lipinski definition) is 4. The Hall–Kier alpha value is -2.15. The van der Waals surface area contributed by atoms with Crippen LogP contribution in [0.4, 0.5) is 0 Å². The third kappa shape index (κ3) is 4.03. The molecule has 24 heavy (non-hydrogen) atoms. The largest absolute Gasteiger partial charge is 0.481 e. The van der Waals surface area contributed by atoms with Gasteiger partial charge in [-0.05, 0) is 25.0 Å². The lowest BCUT2D eigenvalue weighted by molar-refractivity contribution is -0.146. The SMILES string of the molecule is CC(c1c[nH]c2ccccc12)P(=O)(O)OC(CCC(=O)O)C(=O)O. The van der Waals surface area contributed by atoms with E-state index in [1.54, 1.807) is 18.3 Å². The highest BCUT2D eigenvalue weighted by atomic mass is 31.2. The Bertz CT molecular complexity index is 800. The van der Waals surface area contributed by atoms with E-state index in [2.05, 4.69) is 4.98 Å². The molecule has 1 aromatic heterocycles. The Morgan fingerprint density at radius 2 is 1.96 bits per heavy atom. The van der Waals surface area contributed by atoms with Gasteiger partial charge < -0.3 is 20.1 Å². The number of carboxylic acid groups (broad SMARTS) is 2. The van der Waals surface area contributed by atoms with Gasteiger partial charge in [-0.3, -0.25) is 13.9 Å². The van der Waals surface area contributed by atoms with E-state index < -0.39 is 44.1 Å². The summed E-state index contributed by atoms with van der Waals surface area (Å²) >= 11 is 0. The number of nitrogens with one attached hydrogen (secondary N) is 1. The van der Waals surface area contributed by atoms with Crippen LogP contribution in [0.1, 0.15) is 31.0 Å². The molecule has 0 bridgehead atoms. The number of rotatable bonds is 8. The molecule has 8 nitrogen and oxygen atoms in total. The van der Waals surface area contributed by atoms with Crippen molar-refractivity contribution < 1.29 is 33.8 Å². The molecule has 1 aromatic carbocycles. The van der Waals surface area contributed by atoms with E-state index in [1.807, 2.05) is 12.1 Å². The number of aromatic nitrogens is 1. The second-order valence-corrected chi connectivity index (χ2v) is 7.51. The molecule has 3 unspecified atom stereocenters. The highest BCUT2D eigenvalue weighted by Gasteiger charge is 2.36. The zero-order valence-corrected chi connectivity index (χ0v) is 13.8. The summed E-state index contributed by atoms with van der Waals surface area (Å²) in [5.41, 5.74) is 0.333. The standard InChI is InChI=1S/C15H18NO7P/c1-9(11-8-16-12-5-3-2-4-10(11)12)24(21,22)23-13(15(19)20)6-7-14(17)18/h2-5,8-9,13,16H,6-7H2,1H3,(H,17,18)(H,19,20)(H,21,22). The summed E-state index contributed by atoms with van der Waals surface area (Å²) < 4.78 is 17.4. The molecule has 0 spiro atoms. The van der Waals surface area contributed by atoms with Gasteiger partial charge in [0.25, 0.3) is 0 Å². The molecule has 0 amide bonds. The van der Waals surface area contributed by atoms with E-state index in [9.17, 15) is 19.0 Å². The first-order valence-corrected chi connectivity index (χ1v) is 8.88. The lowest BCUT2D eigenvalue weighted by Gasteiger charge is -2.22. The van der Waals surface area contributed by atoms with Crippen LogP contribution in [0.25, 0.3) is 10.9 Å². The number of H-pyrrole nitrogens is 1. The molecule has 0 aliphatic rings. The number of carboxylic acids is 2. The molecule has 1 heterocycles. The lowest BCUT2D eigenvalue weighted by Crippen LogP contribution is -2.24. The van der Waals surface area contributed by atoms with Gasteiger partial charge in [0, 0.05) is 23.5 Å². The highest BCUT2D eigenvalue weighted by molar-refractivity contribution is 7.53. The van der Waals surface area contributed by atoms with Gasteiger partial charge in [0.15, 0.2) is 6.10 Å². The Morgan fingerprint density at radius 1 is 1.29 bits per heavy atom. The van der Waals surface area contributed by atoms with E-state index in [0.717, 1.165) is 10.9 Å². The number of aliphatic carboxylic acids is 2. The molecule has 2 aromatic rings. The molecule has 0 saturated heterocycles. The Balaban J connectivity index is 2.22.